The molecule has 13 heteroatoms. The van der Waals surface area contributed by atoms with E-state index >= 15 is 0 Å². The number of allylic oxidation sites excluding steroid dienone is 3. The summed E-state index contributed by atoms with van der Waals surface area (Å²) in [4.78, 5) is 52.5. The van der Waals surface area contributed by atoms with E-state index in [2.05, 4.69) is 55.9 Å². The molecule has 1 heterocycles. The van der Waals surface area contributed by atoms with Crippen LogP contribution in [0.5, 0.6) is 0 Å². The van der Waals surface area contributed by atoms with Gasteiger partial charge in [0.15, 0.2) is 0 Å². The number of nitriles is 1. The number of hydrogen-bond acceptors (Lipinski definition) is 8. The molecule has 0 aromatic rings. The summed E-state index contributed by atoms with van der Waals surface area (Å²) in [7, 11) is -0.651. The average molecular weight is 698 g/mol. The van der Waals surface area contributed by atoms with Crippen molar-refractivity contribution in [1.82, 2.24) is 21.3 Å². The first-order chi connectivity index (χ1) is 23.3. The predicted octanol–water partition coefficient (Wildman–Crippen LogP) is 3.49. The van der Waals surface area contributed by atoms with Gasteiger partial charge in [0, 0.05) is 12.5 Å². The Morgan fingerprint density at radius 1 is 1.00 bits per heavy atom. The van der Waals surface area contributed by atoms with Gasteiger partial charge in [0.05, 0.1) is 23.8 Å². The minimum atomic E-state index is -1.26. The summed E-state index contributed by atoms with van der Waals surface area (Å²) in [6.45, 7) is 19.5. The first-order valence-corrected chi connectivity index (χ1v) is 18.3. The van der Waals surface area contributed by atoms with Crippen molar-refractivity contribution in [2.75, 3.05) is 6.54 Å². The maximum absolute atomic E-state index is 14.0. The van der Waals surface area contributed by atoms with E-state index in [1.807, 2.05) is 13.0 Å². The first kappa shape index (κ1) is 41.2. The summed E-state index contributed by atoms with van der Waals surface area (Å²) >= 11 is 0. The Morgan fingerprint density at radius 3 is 2.24 bits per heavy atom. The van der Waals surface area contributed by atoms with Gasteiger partial charge in [-0.2, -0.15) is 5.26 Å². The van der Waals surface area contributed by atoms with Crippen LogP contribution in [0.3, 0.4) is 0 Å². The number of aliphatic hydroxyl groups is 1. The summed E-state index contributed by atoms with van der Waals surface area (Å²) in [5.74, 6) is -1.75. The van der Waals surface area contributed by atoms with Gasteiger partial charge in [-0.3, -0.25) is 19.2 Å². The summed E-state index contributed by atoms with van der Waals surface area (Å²) in [6, 6.07) is -0.352. The Hall–Kier alpha value is -3.21. The van der Waals surface area contributed by atoms with Crippen molar-refractivity contribution in [3.8, 4) is 6.07 Å². The third kappa shape index (κ3) is 9.77. The fraction of sp³-hybridized carbons (Fsp3) is 0.757. The summed E-state index contributed by atoms with van der Waals surface area (Å²) in [5, 5.41) is 31.0. The summed E-state index contributed by atoms with van der Waals surface area (Å²) < 4.78 is 13.3. The third-order valence-electron chi connectivity index (χ3n) is 11.0. The summed E-state index contributed by atoms with van der Waals surface area (Å²) in [6.07, 6.45) is 5.79. The Balaban J connectivity index is 1.75. The highest BCUT2D eigenvalue weighted by molar-refractivity contribution is 6.48. The molecule has 3 saturated carbocycles. The molecule has 0 spiro atoms. The highest BCUT2D eigenvalue weighted by Crippen LogP contribution is 2.65. The number of hydrogen-bond donors (Lipinski definition) is 5. The predicted molar refractivity (Wildman–Crippen MR) is 192 cm³/mol. The summed E-state index contributed by atoms with van der Waals surface area (Å²) in [5.41, 5.74) is 0.503. The van der Waals surface area contributed by atoms with Crippen LogP contribution in [-0.2, 0) is 28.5 Å². The van der Waals surface area contributed by atoms with Crippen molar-refractivity contribution < 1.29 is 33.6 Å². The Morgan fingerprint density at radius 2 is 1.68 bits per heavy atom. The SMILES string of the molecule is C/C=C(C)\C=C(/C#N)C(=O)NCCCC[C@H](NC(=O)[C@@H](NC(=O)C(C)C)[C@@H](C)O)C(=O)NC(CC(C)C)B1O[C@@H]2CC3C[C@@H](C3(C)C)[C@]2(C)O1. The van der Waals surface area contributed by atoms with Crippen molar-refractivity contribution in [3.63, 3.8) is 0 Å². The quantitative estimate of drug-likeness (QED) is 0.0504. The van der Waals surface area contributed by atoms with Crippen LogP contribution in [0.2, 0.25) is 0 Å². The molecule has 5 N–H and O–H groups in total. The molecule has 4 amide bonds. The number of nitrogens with zero attached hydrogens (tertiary/aromatic N) is 1. The number of unbranched alkanes of at least 4 members (excludes halogenated alkanes) is 1. The highest BCUT2D eigenvalue weighted by atomic mass is 16.7. The van der Waals surface area contributed by atoms with Gasteiger partial charge in [-0.25, -0.2) is 0 Å². The lowest BCUT2D eigenvalue weighted by molar-refractivity contribution is -0.199. The monoisotopic (exact) mass is 697 g/mol. The number of rotatable bonds is 17. The van der Waals surface area contributed by atoms with Gasteiger partial charge in [0.2, 0.25) is 17.7 Å². The lowest BCUT2D eigenvalue weighted by atomic mass is 9.43. The molecular weight excluding hydrogens is 637 g/mol. The Labute approximate surface area is 299 Å². The zero-order valence-electron chi connectivity index (χ0n) is 31.7. The molecule has 8 atom stereocenters. The Bertz CT molecular complexity index is 1360. The third-order valence-corrected chi connectivity index (χ3v) is 11.0. The highest BCUT2D eigenvalue weighted by Gasteiger charge is 2.68. The van der Waals surface area contributed by atoms with Gasteiger partial charge in [0.1, 0.15) is 23.7 Å². The van der Waals surface area contributed by atoms with Crippen LogP contribution >= 0.6 is 0 Å². The smallest absolute Gasteiger partial charge is 0.404 e. The number of nitrogens with one attached hydrogen (secondary N) is 4. The standard InChI is InChI=1S/C37H60BN5O7/c1-11-23(6)17-25(20-39)33(46)40-15-13-12-14-27(41-35(48)31(24(7)44)43-32(45)22(4)5)34(47)42-30(16-21(2)3)38-49-29-19-26-18-28(36(26,8)9)37(29,10)50-38/h11,17,21-22,24,26-31,44H,12-16,18-19H2,1-10H3,(H,40,46)(H,41,48)(H,42,47)(H,43,45)/b23-11-,25-17+/t24-,26?,27+,28+,29-,30?,31+,37+/m1/s1. The van der Waals surface area contributed by atoms with E-state index in [4.69, 9.17) is 9.31 Å². The largest absolute Gasteiger partial charge is 0.481 e. The average Bonchev–Trinajstić information content (AvgIpc) is 3.41. The minimum Gasteiger partial charge on any atom is -0.404 e. The van der Waals surface area contributed by atoms with Crippen LogP contribution in [0, 0.1) is 40.4 Å². The van der Waals surface area contributed by atoms with Crippen molar-refractivity contribution in [2.24, 2.45) is 29.1 Å². The normalized spacial score (nSPS) is 26.6. The van der Waals surface area contributed by atoms with E-state index in [0.717, 1.165) is 18.4 Å². The fourth-order valence-corrected chi connectivity index (χ4v) is 7.59. The van der Waals surface area contributed by atoms with Crippen molar-refractivity contribution in [1.29, 1.82) is 5.26 Å². The molecule has 0 aromatic heterocycles. The molecular formula is C37H60BN5O7. The van der Waals surface area contributed by atoms with Crippen molar-refractivity contribution >= 4 is 30.7 Å². The van der Waals surface area contributed by atoms with E-state index in [0.29, 0.717) is 31.1 Å². The van der Waals surface area contributed by atoms with Gasteiger partial charge in [-0.1, -0.05) is 53.2 Å². The lowest BCUT2D eigenvalue weighted by Gasteiger charge is -2.64. The second-order valence-electron chi connectivity index (χ2n) is 16.0. The molecule has 4 aliphatic rings. The second-order valence-corrected chi connectivity index (χ2v) is 16.0. The van der Waals surface area contributed by atoms with Crippen molar-refractivity contribution in [2.45, 2.75) is 144 Å². The molecule has 278 valence electrons. The van der Waals surface area contributed by atoms with Crippen molar-refractivity contribution in [3.05, 3.63) is 23.3 Å². The fourth-order valence-electron chi connectivity index (χ4n) is 7.59. The maximum Gasteiger partial charge on any atom is 0.481 e. The molecule has 0 radical (unpaired) electrons. The molecule has 4 fully saturated rings. The van der Waals surface area contributed by atoms with Crippen LogP contribution in [0.4, 0.5) is 0 Å². The van der Waals surface area contributed by atoms with Gasteiger partial charge < -0.3 is 35.7 Å². The van der Waals surface area contributed by atoms with Gasteiger partial charge in [0.25, 0.3) is 5.91 Å². The van der Waals surface area contributed by atoms with Crippen LogP contribution in [-0.4, -0.2) is 78.2 Å². The zero-order chi connectivity index (χ0) is 37.6. The molecule has 4 rings (SSSR count). The molecule has 0 aromatic carbocycles. The lowest BCUT2D eigenvalue weighted by Crippen LogP contribution is -2.65. The van der Waals surface area contributed by atoms with E-state index in [1.165, 1.54) is 13.0 Å². The van der Waals surface area contributed by atoms with Gasteiger partial charge in [-0.05, 0) is 95.5 Å². The molecule has 50 heavy (non-hydrogen) atoms. The topological polar surface area (TPSA) is 179 Å². The maximum atomic E-state index is 14.0. The van der Waals surface area contributed by atoms with Crippen LogP contribution < -0.4 is 21.3 Å². The van der Waals surface area contributed by atoms with Crippen LogP contribution in [0.15, 0.2) is 23.3 Å². The first-order valence-electron chi connectivity index (χ1n) is 18.3. The Kier molecular flexibility index (Phi) is 14.3. The van der Waals surface area contributed by atoms with Gasteiger partial charge >= 0.3 is 7.12 Å². The van der Waals surface area contributed by atoms with E-state index < -0.39 is 66.4 Å². The molecule has 1 saturated heterocycles. The number of amides is 4. The van der Waals surface area contributed by atoms with Gasteiger partial charge in [-0.15, -0.1) is 0 Å². The number of carbonyl (C=O) groups is 4. The number of carbonyl (C=O) groups excluding carboxylic acids is 4. The molecule has 12 nitrogen and oxygen atoms in total. The second kappa shape index (κ2) is 17.3. The van der Waals surface area contributed by atoms with E-state index in [9.17, 15) is 29.5 Å². The van der Waals surface area contributed by atoms with E-state index in [-0.39, 0.29) is 36.0 Å². The molecule has 3 aliphatic carbocycles. The van der Waals surface area contributed by atoms with Crippen LogP contribution in [0.25, 0.3) is 0 Å². The molecule has 2 unspecified atom stereocenters. The number of aliphatic hydroxyl groups excluding tert-OH is 1. The molecule has 1 aliphatic heterocycles. The van der Waals surface area contributed by atoms with Crippen LogP contribution in [0.1, 0.15) is 108 Å². The van der Waals surface area contributed by atoms with E-state index in [1.54, 1.807) is 26.8 Å². The zero-order valence-corrected chi connectivity index (χ0v) is 31.7. The molecule has 2 bridgehead atoms. The minimum absolute atomic E-state index is 0.000237.